The fraction of sp³-hybridized carbons (Fsp3) is 0.846. The third-order valence-corrected chi connectivity index (χ3v) is 3.62. The van der Waals surface area contributed by atoms with Gasteiger partial charge in [0.2, 0.25) is 11.8 Å². The summed E-state index contributed by atoms with van der Waals surface area (Å²) in [5.41, 5.74) is 0. The first-order valence-electron chi connectivity index (χ1n) is 7.11. The first kappa shape index (κ1) is 14.3. The maximum atomic E-state index is 11.9. The largest absolute Gasteiger partial charge is 0.378 e. The predicted molar refractivity (Wildman–Crippen MR) is 70.7 cm³/mol. The molecule has 2 heterocycles. The fourth-order valence-corrected chi connectivity index (χ4v) is 2.50. The summed E-state index contributed by atoms with van der Waals surface area (Å²) in [5.74, 6) is 0.281. The van der Waals surface area contributed by atoms with Crippen LogP contribution in [0.25, 0.3) is 0 Å². The Morgan fingerprint density at radius 2 is 2.21 bits per heavy atom. The Balaban J connectivity index is 1.64. The summed E-state index contributed by atoms with van der Waals surface area (Å²) in [6, 6.07) is 0.208. The van der Waals surface area contributed by atoms with Gasteiger partial charge in [-0.15, -0.1) is 0 Å². The summed E-state index contributed by atoms with van der Waals surface area (Å²) in [6.45, 7) is 4.09. The van der Waals surface area contributed by atoms with Gasteiger partial charge in [-0.3, -0.25) is 9.59 Å². The predicted octanol–water partition coefficient (Wildman–Crippen LogP) is -0.506. The topological polar surface area (TPSA) is 70.7 Å². The third kappa shape index (κ3) is 4.80. The molecule has 108 valence electrons. The summed E-state index contributed by atoms with van der Waals surface area (Å²) in [5, 5.41) is 6.18. The average molecular weight is 269 g/mol. The van der Waals surface area contributed by atoms with Crippen LogP contribution >= 0.6 is 0 Å². The molecule has 0 spiro atoms. The van der Waals surface area contributed by atoms with Crippen molar-refractivity contribution in [1.82, 2.24) is 15.5 Å². The van der Waals surface area contributed by atoms with E-state index in [-0.39, 0.29) is 17.9 Å². The molecular formula is C13H23N3O3. The van der Waals surface area contributed by atoms with E-state index in [9.17, 15) is 9.59 Å². The minimum atomic E-state index is 0.106. The number of nitrogens with one attached hydrogen (secondary N) is 2. The van der Waals surface area contributed by atoms with Crippen molar-refractivity contribution >= 4 is 11.8 Å². The number of amides is 2. The molecule has 2 aliphatic heterocycles. The Bertz CT molecular complexity index is 316. The van der Waals surface area contributed by atoms with Crippen LogP contribution < -0.4 is 10.6 Å². The van der Waals surface area contributed by atoms with Crippen LogP contribution in [0.2, 0.25) is 0 Å². The Labute approximate surface area is 113 Å². The molecule has 2 fully saturated rings. The number of carbonyl (C=O) groups is 2. The highest BCUT2D eigenvalue weighted by Crippen LogP contribution is 2.06. The average Bonchev–Trinajstić information content (AvgIpc) is 2.64. The lowest BCUT2D eigenvalue weighted by Gasteiger charge is -2.27. The van der Waals surface area contributed by atoms with Crippen LogP contribution in [0, 0.1) is 0 Å². The second-order valence-electron chi connectivity index (χ2n) is 5.09. The van der Waals surface area contributed by atoms with Crippen molar-refractivity contribution in [3.63, 3.8) is 0 Å². The van der Waals surface area contributed by atoms with Gasteiger partial charge in [0.1, 0.15) is 0 Å². The normalized spacial score (nSPS) is 24.7. The Morgan fingerprint density at radius 3 is 3.00 bits per heavy atom. The number of ether oxygens (including phenoxy) is 1. The number of rotatable bonds is 4. The SMILES string of the molecule is O=C1CC(NCCC(=O)N2CCOCC2)CCCN1. The lowest BCUT2D eigenvalue weighted by Crippen LogP contribution is -2.42. The lowest BCUT2D eigenvalue weighted by molar-refractivity contribution is -0.135. The maximum Gasteiger partial charge on any atom is 0.224 e. The van der Waals surface area contributed by atoms with Gasteiger partial charge >= 0.3 is 0 Å². The second kappa shape index (κ2) is 7.45. The van der Waals surface area contributed by atoms with Gasteiger partial charge in [0.15, 0.2) is 0 Å². The van der Waals surface area contributed by atoms with Gasteiger partial charge in [0.05, 0.1) is 13.2 Å². The molecule has 2 amide bonds. The van der Waals surface area contributed by atoms with Crippen LogP contribution in [-0.2, 0) is 14.3 Å². The molecule has 1 unspecified atom stereocenters. The van der Waals surface area contributed by atoms with E-state index in [1.807, 2.05) is 4.90 Å². The summed E-state index contributed by atoms with van der Waals surface area (Å²) in [4.78, 5) is 25.2. The Morgan fingerprint density at radius 1 is 1.42 bits per heavy atom. The monoisotopic (exact) mass is 269 g/mol. The van der Waals surface area contributed by atoms with E-state index in [1.54, 1.807) is 0 Å². The molecule has 1 atom stereocenters. The zero-order chi connectivity index (χ0) is 13.5. The third-order valence-electron chi connectivity index (χ3n) is 3.62. The number of hydrogen-bond donors (Lipinski definition) is 2. The summed E-state index contributed by atoms with van der Waals surface area (Å²) >= 11 is 0. The fourth-order valence-electron chi connectivity index (χ4n) is 2.50. The molecule has 0 radical (unpaired) electrons. The molecule has 0 bridgehead atoms. The molecule has 19 heavy (non-hydrogen) atoms. The second-order valence-corrected chi connectivity index (χ2v) is 5.09. The molecule has 0 aromatic rings. The summed E-state index contributed by atoms with van der Waals surface area (Å²) < 4.78 is 5.22. The van der Waals surface area contributed by atoms with Gasteiger partial charge in [-0.2, -0.15) is 0 Å². The van der Waals surface area contributed by atoms with E-state index >= 15 is 0 Å². The Kier molecular flexibility index (Phi) is 5.60. The van der Waals surface area contributed by atoms with Crippen molar-refractivity contribution in [1.29, 1.82) is 0 Å². The minimum absolute atomic E-state index is 0.106. The van der Waals surface area contributed by atoms with Gasteiger partial charge in [0.25, 0.3) is 0 Å². The van der Waals surface area contributed by atoms with Crippen LogP contribution in [-0.4, -0.2) is 62.1 Å². The van der Waals surface area contributed by atoms with Gasteiger partial charge in [0, 0.05) is 45.1 Å². The number of morpholine rings is 1. The van der Waals surface area contributed by atoms with Crippen molar-refractivity contribution in [3.8, 4) is 0 Å². The summed E-state index contributed by atoms with van der Waals surface area (Å²) in [7, 11) is 0. The maximum absolute atomic E-state index is 11.9. The van der Waals surface area contributed by atoms with Gasteiger partial charge in [-0.1, -0.05) is 0 Å². The number of nitrogens with zero attached hydrogens (tertiary/aromatic N) is 1. The van der Waals surface area contributed by atoms with Crippen molar-refractivity contribution in [2.24, 2.45) is 0 Å². The van der Waals surface area contributed by atoms with E-state index < -0.39 is 0 Å². The van der Waals surface area contributed by atoms with E-state index in [0.29, 0.717) is 45.7 Å². The number of hydrogen-bond acceptors (Lipinski definition) is 4. The van der Waals surface area contributed by atoms with E-state index in [0.717, 1.165) is 19.4 Å². The molecule has 6 heteroatoms. The van der Waals surface area contributed by atoms with E-state index in [4.69, 9.17) is 4.74 Å². The molecule has 2 aliphatic rings. The smallest absolute Gasteiger partial charge is 0.224 e. The minimum Gasteiger partial charge on any atom is -0.378 e. The number of carbonyl (C=O) groups excluding carboxylic acids is 2. The molecule has 6 nitrogen and oxygen atoms in total. The highest BCUT2D eigenvalue weighted by atomic mass is 16.5. The highest BCUT2D eigenvalue weighted by Gasteiger charge is 2.19. The highest BCUT2D eigenvalue weighted by molar-refractivity contribution is 5.77. The van der Waals surface area contributed by atoms with Gasteiger partial charge in [-0.05, 0) is 12.8 Å². The molecular weight excluding hydrogens is 246 g/mol. The van der Waals surface area contributed by atoms with Crippen molar-refractivity contribution in [2.75, 3.05) is 39.4 Å². The van der Waals surface area contributed by atoms with Crippen LogP contribution in [0.15, 0.2) is 0 Å². The molecule has 0 aromatic carbocycles. The van der Waals surface area contributed by atoms with Crippen molar-refractivity contribution < 1.29 is 14.3 Å². The molecule has 0 aromatic heterocycles. The first-order valence-corrected chi connectivity index (χ1v) is 7.11. The van der Waals surface area contributed by atoms with Crippen LogP contribution in [0.3, 0.4) is 0 Å². The zero-order valence-electron chi connectivity index (χ0n) is 11.3. The van der Waals surface area contributed by atoms with E-state index in [1.165, 1.54) is 0 Å². The van der Waals surface area contributed by atoms with Crippen LogP contribution in [0.1, 0.15) is 25.7 Å². The van der Waals surface area contributed by atoms with Crippen LogP contribution in [0.4, 0.5) is 0 Å². The van der Waals surface area contributed by atoms with Gasteiger partial charge in [-0.25, -0.2) is 0 Å². The molecule has 0 aliphatic carbocycles. The Hall–Kier alpha value is -1.14. The van der Waals surface area contributed by atoms with Gasteiger partial charge < -0.3 is 20.3 Å². The lowest BCUT2D eigenvalue weighted by atomic mass is 10.1. The van der Waals surface area contributed by atoms with Crippen LogP contribution in [0.5, 0.6) is 0 Å². The van der Waals surface area contributed by atoms with Crippen molar-refractivity contribution in [2.45, 2.75) is 31.7 Å². The summed E-state index contributed by atoms with van der Waals surface area (Å²) in [6.07, 6.45) is 3.01. The van der Waals surface area contributed by atoms with E-state index in [2.05, 4.69) is 10.6 Å². The first-order chi connectivity index (χ1) is 9.25. The molecule has 2 rings (SSSR count). The molecule has 2 saturated heterocycles. The zero-order valence-corrected chi connectivity index (χ0v) is 11.3. The molecule has 0 saturated carbocycles. The standard InChI is InChI=1S/C13H23N3O3/c17-12-10-11(2-1-4-15-12)14-5-3-13(18)16-6-8-19-9-7-16/h11,14H,1-10H2,(H,15,17). The quantitative estimate of drug-likeness (QED) is 0.721. The molecule has 2 N–H and O–H groups in total. The van der Waals surface area contributed by atoms with Crippen molar-refractivity contribution in [3.05, 3.63) is 0 Å².